The summed E-state index contributed by atoms with van der Waals surface area (Å²) >= 11 is 0. The molecule has 2 heterocycles. The zero-order valence-electron chi connectivity index (χ0n) is 25.3. The zero-order valence-corrected chi connectivity index (χ0v) is 26.1. The summed E-state index contributed by atoms with van der Waals surface area (Å²) in [5, 5.41) is 4.34. The average Bonchev–Trinajstić information content (AvgIpc) is 3.64. The Morgan fingerprint density at radius 2 is 1.85 bits per heavy atom. The lowest BCUT2D eigenvalue weighted by Crippen LogP contribution is -2.41. The minimum Gasteiger partial charge on any atom is -0.487 e. The van der Waals surface area contributed by atoms with E-state index in [0.29, 0.717) is 33.7 Å². The van der Waals surface area contributed by atoms with Gasteiger partial charge in [0.25, 0.3) is 6.43 Å². The first-order valence-electron chi connectivity index (χ1n) is 14.7. The lowest BCUT2D eigenvalue weighted by Gasteiger charge is -2.26. The first-order valence-corrected chi connectivity index (χ1v) is 16.4. The third-order valence-corrected chi connectivity index (χ3v) is 9.73. The van der Waals surface area contributed by atoms with Crippen LogP contribution in [0.4, 0.5) is 19.0 Å². The number of allylic oxidation sites excluding steroid dienone is 1. The van der Waals surface area contributed by atoms with Crippen molar-refractivity contribution >= 4 is 27.7 Å². The highest BCUT2D eigenvalue weighted by molar-refractivity contribution is 7.88. The molecule has 3 aromatic carbocycles. The van der Waals surface area contributed by atoms with Crippen LogP contribution in [0.2, 0.25) is 0 Å². The van der Waals surface area contributed by atoms with E-state index < -0.39 is 34.6 Å². The van der Waals surface area contributed by atoms with Gasteiger partial charge >= 0.3 is 0 Å². The lowest BCUT2D eigenvalue weighted by atomic mass is 10.0. The monoisotopic (exact) mass is 668 g/mol. The molecule has 0 atom stereocenters. The van der Waals surface area contributed by atoms with Crippen LogP contribution in [0.15, 0.2) is 66.4 Å². The molecule has 0 bridgehead atoms. The summed E-state index contributed by atoms with van der Waals surface area (Å²) in [5.41, 5.74) is 9.65. The average molecular weight is 669 g/mol. The summed E-state index contributed by atoms with van der Waals surface area (Å²) in [6, 6.07) is 14.2. The molecule has 0 amide bonds. The number of ketones is 1. The van der Waals surface area contributed by atoms with Crippen LogP contribution in [-0.2, 0) is 26.9 Å². The van der Waals surface area contributed by atoms with Crippen molar-refractivity contribution in [3.63, 3.8) is 0 Å². The van der Waals surface area contributed by atoms with E-state index in [9.17, 15) is 26.4 Å². The van der Waals surface area contributed by atoms with Gasteiger partial charge in [0.15, 0.2) is 17.3 Å². The van der Waals surface area contributed by atoms with Gasteiger partial charge in [-0.05, 0) is 66.1 Å². The predicted octanol–water partition coefficient (Wildman–Crippen LogP) is 5.32. The van der Waals surface area contributed by atoms with Gasteiger partial charge in [-0.3, -0.25) is 4.79 Å². The number of para-hydroxylation sites is 1. The fourth-order valence-electron chi connectivity index (χ4n) is 5.56. The number of aryl methyl sites for hydroxylation is 1. The van der Waals surface area contributed by atoms with Crippen molar-refractivity contribution in [3.05, 3.63) is 100 Å². The lowest BCUT2D eigenvalue weighted by molar-refractivity contribution is 0.0728. The third-order valence-electron chi connectivity index (χ3n) is 7.90. The molecule has 1 saturated heterocycles. The molecule has 1 aromatic heterocycles. The van der Waals surface area contributed by atoms with Crippen molar-refractivity contribution in [2.45, 2.75) is 25.5 Å². The van der Waals surface area contributed by atoms with E-state index in [0.717, 1.165) is 0 Å². The van der Waals surface area contributed by atoms with E-state index >= 15 is 0 Å². The van der Waals surface area contributed by atoms with Crippen LogP contribution < -0.4 is 15.2 Å². The first-order chi connectivity index (χ1) is 22.5. The minimum atomic E-state index is -3.79. The van der Waals surface area contributed by atoms with Gasteiger partial charge in [0.2, 0.25) is 10.0 Å². The molecular formula is C33H31F3N4O6S. The Morgan fingerprint density at radius 1 is 1.09 bits per heavy atom. The molecule has 0 spiro atoms. The predicted molar refractivity (Wildman–Crippen MR) is 168 cm³/mol. The van der Waals surface area contributed by atoms with Gasteiger partial charge in [-0.25, -0.2) is 26.3 Å². The number of nitrogens with zero attached hydrogens (tertiary/aromatic N) is 3. The van der Waals surface area contributed by atoms with Gasteiger partial charge in [0.1, 0.15) is 23.9 Å². The number of carbonyl (C=O) groups is 1. The SMILES string of the molecule is Cc1cc(Oc2ccccc2F)ccc1-n1ncc(C(=O)C2=Cc3cc(OCC(F)F)c(CS(=O)(=O)N4CCOCC4)cc3C2)c1N. The molecule has 0 saturated carbocycles. The molecule has 2 aliphatic rings. The van der Waals surface area contributed by atoms with Gasteiger partial charge in [0.05, 0.1) is 36.4 Å². The highest BCUT2D eigenvalue weighted by Crippen LogP contribution is 2.36. The zero-order chi connectivity index (χ0) is 33.3. The molecule has 1 aliphatic carbocycles. The van der Waals surface area contributed by atoms with Crippen molar-refractivity contribution < 1.29 is 40.6 Å². The fraction of sp³-hybridized carbons (Fsp3) is 0.273. The maximum Gasteiger partial charge on any atom is 0.272 e. The standard InChI is InChI=1S/C33H31F3N4O6S/c1-20-12-25(46-29-5-3-2-4-27(29)34)6-7-28(20)40-33(37)26(17-38-40)32(41)23-13-21-15-24(19-47(42,43)39-8-10-44-11-9-39)30(16-22(21)14-23)45-18-31(35)36/h2-7,12,14-17,31H,8-11,13,18-19,37H2,1H3. The Morgan fingerprint density at radius 3 is 2.57 bits per heavy atom. The van der Waals surface area contributed by atoms with Crippen molar-refractivity contribution in [1.82, 2.24) is 14.1 Å². The van der Waals surface area contributed by atoms with Crippen LogP contribution in [-0.4, -0.2) is 67.6 Å². The van der Waals surface area contributed by atoms with E-state index in [2.05, 4.69) is 5.10 Å². The van der Waals surface area contributed by atoms with Crippen LogP contribution in [0.1, 0.15) is 32.6 Å². The van der Waals surface area contributed by atoms with Crippen LogP contribution in [0.25, 0.3) is 11.8 Å². The number of ether oxygens (including phenoxy) is 3. The number of fused-ring (bicyclic) bond motifs is 1. The number of carbonyl (C=O) groups excluding carboxylic acids is 1. The Kier molecular flexibility index (Phi) is 9.08. The van der Waals surface area contributed by atoms with Crippen molar-refractivity contribution in [2.24, 2.45) is 0 Å². The molecular weight excluding hydrogens is 637 g/mol. The van der Waals surface area contributed by atoms with E-state index in [-0.39, 0.29) is 67.0 Å². The van der Waals surface area contributed by atoms with Crippen molar-refractivity contribution in [2.75, 3.05) is 38.6 Å². The quantitative estimate of drug-likeness (QED) is 0.213. The maximum atomic E-state index is 14.0. The summed E-state index contributed by atoms with van der Waals surface area (Å²) in [4.78, 5) is 13.7. The number of rotatable bonds is 11. The number of Topliss-reactive ketones (excluding diaryl/α,β-unsaturated/α-hetero) is 1. The number of nitrogens with two attached hydrogens (primary N) is 1. The molecule has 2 N–H and O–H groups in total. The number of aromatic nitrogens is 2. The number of nitrogen functional groups attached to an aromatic ring is 1. The molecule has 0 unspecified atom stereocenters. The van der Waals surface area contributed by atoms with E-state index in [1.54, 1.807) is 49.4 Å². The Balaban J connectivity index is 1.23. The number of hydrogen-bond donors (Lipinski definition) is 1. The van der Waals surface area contributed by atoms with E-state index in [1.807, 2.05) is 0 Å². The molecule has 10 nitrogen and oxygen atoms in total. The molecule has 4 aromatic rings. The van der Waals surface area contributed by atoms with E-state index in [4.69, 9.17) is 19.9 Å². The van der Waals surface area contributed by atoms with Gasteiger partial charge in [-0.15, -0.1) is 0 Å². The fourth-order valence-corrected chi connectivity index (χ4v) is 7.07. The van der Waals surface area contributed by atoms with Crippen LogP contribution in [0.5, 0.6) is 17.2 Å². The number of benzene rings is 3. The van der Waals surface area contributed by atoms with Crippen molar-refractivity contribution in [3.8, 4) is 22.9 Å². The van der Waals surface area contributed by atoms with E-state index in [1.165, 1.54) is 33.4 Å². The van der Waals surface area contributed by atoms with Crippen LogP contribution in [0.3, 0.4) is 0 Å². The second-order valence-corrected chi connectivity index (χ2v) is 13.1. The van der Waals surface area contributed by atoms with Gasteiger partial charge in [-0.1, -0.05) is 18.2 Å². The maximum absolute atomic E-state index is 14.0. The van der Waals surface area contributed by atoms with Gasteiger partial charge in [-0.2, -0.15) is 9.40 Å². The smallest absolute Gasteiger partial charge is 0.272 e. The molecule has 1 fully saturated rings. The molecule has 14 heteroatoms. The summed E-state index contributed by atoms with van der Waals surface area (Å²) in [5.74, 6) is -0.752. The molecule has 6 rings (SSSR count). The highest BCUT2D eigenvalue weighted by atomic mass is 32.2. The third kappa shape index (κ3) is 6.89. The molecule has 1 aliphatic heterocycles. The summed E-state index contributed by atoms with van der Waals surface area (Å²) < 4.78 is 85.5. The Hall–Kier alpha value is -4.66. The number of morpholine rings is 1. The van der Waals surface area contributed by atoms with Crippen LogP contribution >= 0.6 is 0 Å². The molecule has 0 radical (unpaired) electrons. The number of hydrogen-bond acceptors (Lipinski definition) is 8. The van der Waals surface area contributed by atoms with Gasteiger partial charge in [0, 0.05) is 30.6 Å². The topological polar surface area (TPSA) is 126 Å². The number of alkyl halides is 2. The summed E-state index contributed by atoms with van der Waals surface area (Å²) in [6.07, 6.45) is 0.379. The second-order valence-electron chi connectivity index (χ2n) is 11.1. The first kappa shape index (κ1) is 32.3. The number of sulfonamides is 1. The molecule has 246 valence electrons. The second kappa shape index (κ2) is 13.2. The number of halogens is 3. The van der Waals surface area contributed by atoms with Gasteiger partial charge < -0.3 is 19.9 Å². The minimum absolute atomic E-state index is 0.0103. The Bertz CT molecular complexity index is 1970. The summed E-state index contributed by atoms with van der Waals surface area (Å²) in [7, 11) is -3.79. The van der Waals surface area contributed by atoms with Crippen molar-refractivity contribution in [1.29, 1.82) is 0 Å². The Labute approximate surface area is 269 Å². The van der Waals surface area contributed by atoms with Crippen LogP contribution in [0, 0.1) is 12.7 Å². The largest absolute Gasteiger partial charge is 0.487 e. The highest BCUT2D eigenvalue weighted by Gasteiger charge is 2.29. The normalized spacial score (nSPS) is 15.0. The summed E-state index contributed by atoms with van der Waals surface area (Å²) in [6.45, 7) is 1.81. The molecule has 47 heavy (non-hydrogen) atoms. The number of anilines is 1.